The van der Waals surface area contributed by atoms with Crippen LogP contribution in [0.2, 0.25) is 0 Å². The standard InChI is InChI=1S/C37H50N2O7/c1-5-9-28-22-25(2)17-21-45-35(43)29-16-18-37(4,23-29)33(41)34(42)39-20-7-6-11-30(39)36(44)46-32(26(3)12-14-31(28)40)15-13-27-10-8-19-38-24-27/h5,8,10,19,22,24-26,29-30,32H,1,6-7,9,11-18,20-21,23H2,2-4H3/t25?,26?,29?,30-,32?,37-/m0/s1. The van der Waals surface area contributed by atoms with E-state index < -0.39 is 41.1 Å². The Morgan fingerprint density at radius 2 is 1.87 bits per heavy atom. The van der Waals surface area contributed by atoms with Crippen molar-refractivity contribution in [2.45, 2.75) is 110 Å². The summed E-state index contributed by atoms with van der Waals surface area (Å²) in [6, 6.07) is 2.99. The van der Waals surface area contributed by atoms with Crippen molar-refractivity contribution < 1.29 is 33.4 Å². The number of aromatic nitrogens is 1. The van der Waals surface area contributed by atoms with Crippen LogP contribution in [0.4, 0.5) is 0 Å². The predicted octanol–water partition coefficient (Wildman–Crippen LogP) is 5.75. The van der Waals surface area contributed by atoms with Crippen LogP contribution in [0.1, 0.15) is 97.0 Å². The second-order valence-electron chi connectivity index (χ2n) is 13.8. The van der Waals surface area contributed by atoms with Crippen molar-refractivity contribution in [1.29, 1.82) is 0 Å². The van der Waals surface area contributed by atoms with E-state index in [-0.39, 0.29) is 43.0 Å². The maximum absolute atomic E-state index is 13.8. The Labute approximate surface area is 273 Å². The highest BCUT2D eigenvalue weighted by molar-refractivity contribution is 6.38. The van der Waals surface area contributed by atoms with E-state index in [0.717, 1.165) is 12.0 Å². The summed E-state index contributed by atoms with van der Waals surface area (Å²) in [5, 5.41) is 0. The van der Waals surface area contributed by atoms with Crippen molar-refractivity contribution in [3.63, 3.8) is 0 Å². The summed E-state index contributed by atoms with van der Waals surface area (Å²) in [5.74, 6) is -2.69. The first-order valence-corrected chi connectivity index (χ1v) is 17.0. The third kappa shape index (κ3) is 9.01. The first-order chi connectivity index (χ1) is 22.0. The van der Waals surface area contributed by atoms with Crippen LogP contribution in [0.5, 0.6) is 0 Å². The van der Waals surface area contributed by atoms with E-state index in [1.807, 2.05) is 32.1 Å². The Morgan fingerprint density at radius 1 is 1.07 bits per heavy atom. The van der Waals surface area contributed by atoms with Gasteiger partial charge >= 0.3 is 11.9 Å². The third-order valence-electron chi connectivity index (χ3n) is 10.0. The summed E-state index contributed by atoms with van der Waals surface area (Å²) in [6.07, 6.45) is 12.6. The van der Waals surface area contributed by atoms with Crippen molar-refractivity contribution in [2.75, 3.05) is 13.2 Å². The average molecular weight is 635 g/mol. The summed E-state index contributed by atoms with van der Waals surface area (Å²) in [4.78, 5) is 73.2. The molecule has 1 aromatic heterocycles. The number of allylic oxidation sites excluding steroid dienone is 3. The Kier molecular flexibility index (Phi) is 12.5. The molecule has 3 heterocycles. The number of hydrogen-bond acceptors (Lipinski definition) is 8. The van der Waals surface area contributed by atoms with Gasteiger partial charge in [-0.3, -0.25) is 24.2 Å². The first kappa shape index (κ1) is 35.2. The SMILES string of the molecule is C=CCC1=CC(C)CCOC(=O)C2CC[C@@](C)(C2)C(=O)C(=O)N2CCCC[C@H]2C(=O)OC(CCc2cccnc2)C(C)CCC1=O. The predicted molar refractivity (Wildman–Crippen MR) is 173 cm³/mol. The van der Waals surface area contributed by atoms with Crippen molar-refractivity contribution in [3.05, 3.63) is 54.4 Å². The van der Waals surface area contributed by atoms with E-state index in [2.05, 4.69) is 11.6 Å². The van der Waals surface area contributed by atoms with Crippen molar-refractivity contribution in [2.24, 2.45) is 23.2 Å². The Bertz CT molecular complexity index is 1310. The monoisotopic (exact) mass is 634 g/mol. The minimum atomic E-state index is -0.998. The second-order valence-corrected chi connectivity index (χ2v) is 13.8. The second kappa shape index (κ2) is 16.3. The van der Waals surface area contributed by atoms with Gasteiger partial charge in [-0.25, -0.2) is 4.79 Å². The van der Waals surface area contributed by atoms with E-state index in [1.165, 1.54) is 4.90 Å². The van der Waals surface area contributed by atoms with Crippen LogP contribution in [-0.4, -0.2) is 64.6 Å². The first-order valence-electron chi connectivity index (χ1n) is 17.0. The molecule has 9 nitrogen and oxygen atoms in total. The van der Waals surface area contributed by atoms with Gasteiger partial charge in [-0.05, 0) is 99.7 Å². The number of pyridine rings is 1. The molecule has 6 atom stereocenters. The fraction of sp³-hybridized carbons (Fsp3) is 0.622. The number of amides is 1. The van der Waals surface area contributed by atoms with Gasteiger partial charge in [-0.1, -0.05) is 39.0 Å². The molecule has 1 saturated carbocycles. The van der Waals surface area contributed by atoms with Crippen molar-refractivity contribution in [1.82, 2.24) is 9.88 Å². The third-order valence-corrected chi connectivity index (χ3v) is 10.0. The van der Waals surface area contributed by atoms with Gasteiger partial charge in [0.1, 0.15) is 12.1 Å². The molecule has 1 aromatic rings. The number of piperidine rings is 1. The van der Waals surface area contributed by atoms with Crippen molar-refractivity contribution >= 4 is 29.4 Å². The molecule has 0 spiro atoms. The molecule has 2 fully saturated rings. The van der Waals surface area contributed by atoms with Gasteiger partial charge in [0.05, 0.1) is 12.5 Å². The summed E-state index contributed by atoms with van der Waals surface area (Å²) in [7, 11) is 0. The van der Waals surface area contributed by atoms with E-state index in [1.54, 1.807) is 25.4 Å². The molecule has 9 heteroatoms. The molecular weight excluding hydrogens is 584 g/mol. The number of Topliss-reactive ketones (excluding diaryl/α,β-unsaturated/α-hetero) is 2. The van der Waals surface area contributed by atoms with Gasteiger partial charge in [0.15, 0.2) is 5.78 Å². The number of ketones is 2. The molecule has 0 aromatic carbocycles. The number of hydrogen-bond donors (Lipinski definition) is 0. The number of ether oxygens (including phenoxy) is 2. The number of esters is 2. The fourth-order valence-electron chi connectivity index (χ4n) is 7.02. The molecule has 0 radical (unpaired) electrons. The highest BCUT2D eigenvalue weighted by Crippen LogP contribution is 2.43. The highest BCUT2D eigenvalue weighted by atomic mass is 16.5. The molecule has 1 amide bonds. The number of rotatable bonds is 5. The van der Waals surface area contributed by atoms with E-state index >= 15 is 0 Å². The molecule has 4 unspecified atom stereocenters. The molecule has 46 heavy (non-hydrogen) atoms. The Hall–Kier alpha value is -3.62. The molecule has 2 bridgehead atoms. The fourth-order valence-corrected chi connectivity index (χ4v) is 7.02. The number of fused-ring (bicyclic) bond motifs is 3. The molecule has 1 aliphatic carbocycles. The minimum Gasteiger partial charge on any atom is -0.465 e. The summed E-state index contributed by atoms with van der Waals surface area (Å²) in [5.41, 5.74) is 0.694. The van der Waals surface area contributed by atoms with Gasteiger partial charge in [0.2, 0.25) is 5.78 Å². The summed E-state index contributed by atoms with van der Waals surface area (Å²) in [6.45, 7) is 10.1. The molecule has 3 aliphatic rings. The molecule has 250 valence electrons. The van der Waals surface area contributed by atoms with Crippen LogP contribution in [0.3, 0.4) is 0 Å². The molecule has 2 aliphatic heterocycles. The topological polar surface area (TPSA) is 120 Å². The lowest BCUT2D eigenvalue weighted by Crippen LogP contribution is -2.53. The van der Waals surface area contributed by atoms with Gasteiger partial charge in [0.25, 0.3) is 5.91 Å². The van der Waals surface area contributed by atoms with E-state index in [0.29, 0.717) is 69.9 Å². The number of carbonyl (C=O) groups excluding carboxylic acids is 5. The molecule has 0 N–H and O–H groups in total. The van der Waals surface area contributed by atoms with Gasteiger partial charge in [-0.2, -0.15) is 0 Å². The number of aryl methyl sites for hydroxylation is 1. The van der Waals surface area contributed by atoms with Crippen LogP contribution in [0.15, 0.2) is 48.8 Å². The maximum atomic E-state index is 13.8. The highest BCUT2D eigenvalue weighted by Gasteiger charge is 2.49. The van der Waals surface area contributed by atoms with Crippen LogP contribution in [-0.2, 0) is 39.9 Å². The molecular formula is C37H50N2O7. The van der Waals surface area contributed by atoms with Gasteiger partial charge in [-0.15, -0.1) is 6.58 Å². The molecule has 4 rings (SSSR count). The van der Waals surface area contributed by atoms with Crippen molar-refractivity contribution in [3.8, 4) is 0 Å². The van der Waals surface area contributed by atoms with E-state index in [4.69, 9.17) is 9.47 Å². The normalized spacial score (nSPS) is 30.8. The number of cyclic esters (lactones) is 2. The number of carbonyl (C=O) groups is 5. The van der Waals surface area contributed by atoms with Gasteiger partial charge in [0, 0.05) is 30.8 Å². The zero-order chi connectivity index (χ0) is 33.3. The minimum absolute atomic E-state index is 0.00291. The van der Waals surface area contributed by atoms with Gasteiger partial charge < -0.3 is 14.4 Å². The molecule has 1 saturated heterocycles. The van der Waals surface area contributed by atoms with Crippen LogP contribution in [0.25, 0.3) is 0 Å². The Morgan fingerprint density at radius 3 is 2.61 bits per heavy atom. The summed E-state index contributed by atoms with van der Waals surface area (Å²) >= 11 is 0. The summed E-state index contributed by atoms with van der Waals surface area (Å²) < 4.78 is 11.8. The van der Waals surface area contributed by atoms with Crippen LogP contribution in [0, 0.1) is 23.2 Å². The van der Waals surface area contributed by atoms with E-state index in [9.17, 15) is 24.0 Å². The zero-order valence-corrected chi connectivity index (χ0v) is 27.7. The smallest absolute Gasteiger partial charge is 0.329 e. The Balaban J connectivity index is 1.61. The lowest BCUT2D eigenvalue weighted by atomic mass is 9.82. The lowest BCUT2D eigenvalue weighted by molar-refractivity contribution is -0.166. The largest absolute Gasteiger partial charge is 0.465 e. The maximum Gasteiger partial charge on any atom is 0.329 e. The average Bonchev–Trinajstić information content (AvgIpc) is 3.47. The quantitative estimate of drug-likeness (QED) is 0.228. The van der Waals surface area contributed by atoms with Crippen LogP contribution < -0.4 is 0 Å². The zero-order valence-electron chi connectivity index (χ0n) is 27.7. The number of nitrogens with zero attached hydrogens (tertiary/aromatic N) is 2. The van der Waals surface area contributed by atoms with Crippen LogP contribution >= 0.6 is 0 Å². The lowest BCUT2D eigenvalue weighted by Gasteiger charge is -2.36.